The van der Waals surface area contributed by atoms with Crippen LogP contribution in [0.15, 0.2) is 35.9 Å². The van der Waals surface area contributed by atoms with Crippen LogP contribution >= 0.6 is 23.8 Å². The van der Waals surface area contributed by atoms with Gasteiger partial charge in [0.25, 0.3) is 11.8 Å². The van der Waals surface area contributed by atoms with Crippen molar-refractivity contribution in [3.8, 4) is 5.69 Å². The lowest BCUT2D eigenvalue weighted by Crippen LogP contribution is -2.53. The Kier molecular flexibility index (Phi) is 4.98. The molecular weight excluding hydrogens is 370 g/mol. The van der Waals surface area contributed by atoms with Crippen LogP contribution in [0, 0.1) is 13.8 Å². The molecule has 1 aliphatic heterocycles. The van der Waals surface area contributed by atoms with Crippen molar-refractivity contribution in [2.75, 3.05) is 6.54 Å². The number of carbonyl (C=O) groups excluding carboxylic acids is 2. The highest BCUT2D eigenvalue weighted by Gasteiger charge is 2.32. The highest BCUT2D eigenvalue weighted by Crippen LogP contribution is 2.25. The van der Waals surface area contributed by atoms with Gasteiger partial charge >= 0.3 is 0 Å². The molecule has 0 aliphatic carbocycles. The Hall–Kier alpha value is -2.44. The molecule has 2 amide bonds. The van der Waals surface area contributed by atoms with Crippen molar-refractivity contribution < 1.29 is 9.59 Å². The maximum absolute atomic E-state index is 12.6. The van der Waals surface area contributed by atoms with E-state index in [4.69, 9.17) is 23.8 Å². The first-order valence-corrected chi connectivity index (χ1v) is 8.96. The van der Waals surface area contributed by atoms with Crippen LogP contribution in [-0.2, 0) is 9.59 Å². The second kappa shape index (κ2) is 7.05. The molecule has 1 fully saturated rings. The van der Waals surface area contributed by atoms with Gasteiger partial charge in [0, 0.05) is 28.6 Å². The molecule has 5 nitrogen and oxygen atoms in total. The number of amides is 2. The molecule has 1 N–H and O–H groups in total. The van der Waals surface area contributed by atoms with E-state index in [1.54, 1.807) is 6.08 Å². The molecule has 1 saturated heterocycles. The van der Waals surface area contributed by atoms with E-state index < -0.39 is 5.91 Å². The third-order valence-corrected chi connectivity index (χ3v) is 4.93. The van der Waals surface area contributed by atoms with Crippen LogP contribution in [0.25, 0.3) is 11.8 Å². The molecule has 0 radical (unpaired) electrons. The van der Waals surface area contributed by atoms with Crippen molar-refractivity contribution in [3.63, 3.8) is 0 Å². The van der Waals surface area contributed by atoms with Crippen LogP contribution < -0.4 is 5.32 Å². The molecule has 26 heavy (non-hydrogen) atoms. The van der Waals surface area contributed by atoms with Gasteiger partial charge in [-0.05, 0) is 75.0 Å². The van der Waals surface area contributed by atoms with Crippen LogP contribution in [0.3, 0.4) is 0 Å². The standard InChI is InChI=1S/C19H18ClN3O2S/c1-4-22-18(25)16(17(24)21-19(22)26)10-13-9-11(2)23(12(13)3)15-7-5-14(20)6-8-15/h5-10H,4H2,1-3H3,(H,21,24,26)/b16-10+. The molecule has 0 saturated carbocycles. The second-order valence-corrected chi connectivity index (χ2v) is 6.83. The maximum Gasteiger partial charge on any atom is 0.265 e. The van der Waals surface area contributed by atoms with Crippen molar-refractivity contribution in [1.82, 2.24) is 14.8 Å². The lowest BCUT2D eigenvalue weighted by Gasteiger charge is -2.27. The molecule has 1 aliphatic rings. The normalized spacial score (nSPS) is 16.4. The summed E-state index contributed by atoms with van der Waals surface area (Å²) in [5.74, 6) is -0.849. The van der Waals surface area contributed by atoms with Gasteiger partial charge in [0.15, 0.2) is 5.11 Å². The smallest absolute Gasteiger partial charge is 0.265 e. The highest BCUT2D eigenvalue weighted by molar-refractivity contribution is 7.80. The zero-order valence-corrected chi connectivity index (χ0v) is 16.2. The number of likely N-dealkylation sites (N-methyl/N-ethyl adjacent to an activating group) is 1. The van der Waals surface area contributed by atoms with Gasteiger partial charge in [0.05, 0.1) is 0 Å². The monoisotopic (exact) mass is 387 g/mol. The average Bonchev–Trinajstić information content (AvgIpc) is 2.86. The number of carbonyl (C=O) groups is 2. The van der Waals surface area contributed by atoms with E-state index in [-0.39, 0.29) is 16.6 Å². The average molecular weight is 388 g/mol. The molecule has 2 aromatic rings. The predicted octanol–water partition coefficient (Wildman–Crippen LogP) is 3.39. The summed E-state index contributed by atoms with van der Waals surface area (Å²) in [5, 5.41) is 3.38. The number of hydrogen-bond donors (Lipinski definition) is 1. The SMILES string of the molecule is CCN1C(=O)/C(=C/c2cc(C)n(-c3ccc(Cl)cc3)c2C)C(=O)NC1=S. The van der Waals surface area contributed by atoms with Crippen molar-refractivity contribution in [2.45, 2.75) is 20.8 Å². The van der Waals surface area contributed by atoms with Gasteiger partial charge in [-0.15, -0.1) is 0 Å². The molecule has 0 unspecified atom stereocenters. The van der Waals surface area contributed by atoms with Gasteiger partial charge in [-0.2, -0.15) is 0 Å². The van der Waals surface area contributed by atoms with Crippen LogP contribution in [-0.4, -0.2) is 32.9 Å². The molecule has 0 spiro atoms. The Morgan fingerprint density at radius 2 is 1.85 bits per heavy atom. The zero-order valence-electron chi connectivity index (χ0n) is 14.7. The van der Waals surface area contributed by atoms with Crippen molar-refractivity contribution in [3.05, 3.63) is 57.9 Å². The first kappa shape index (κ1) is 18.4. The fraction of sp³-hybridized carbons (Fsp3) is 0.211. The summed E-state index contributed by atoms with van der Waals surface area (Å²) >= 11 is 11.0. The summed E-state index contributed by atoms with van der Waals surface area (Å²) < 4.78 is 2.05. The summed E-state index contributed by atoms with van der Waals surface area (Å²) in [5.41, 5.74) is 3.76. The van der Waals surface area contributed by atoms with E-state index >= 15 is 0 Å². The highest BCUT2D eigenvalue weighted by atomic mass is 35.5. The van der Waals surface area contributed by atoms with Gasteiger partial charge < -0.3 is 4.57 Å². The molecule has 7 heteroatoms. The lowest BCUT2D eigenvalue weighted by atomic mass is 10.1. The number of nitrogens with one attached hydrogen (secondary N) is 1. The quantitative estimate of drug-likeness (QED) is 0.499. The van der Waals surface area contributed by atoms with E-state index in [0.717, 1.165) is 22.6 Å². The topological polar surface area (TPSA) is 54.3 Å². The zero-order chi connectivity index (χ0) is 19.0. The number of nitrogens with zero attached hydrogens (tertiary/aromatic N) is 2. The van der Waals surface area contributed by atoms with E-state index in [0.29, 0.717) is 11.6 Å². The largest absolute Gasteiger partial charge is 0.318 e. The Morgan fingerprint density at radius 3 is 2.46 bits per heavy atom. The van der Waals surface area contributed by atoms with Crippen LogP contribution in [0.5, 0.6) is 0 Å². The minimum absolute atomic E-state index is 0.0804. The summed E-state index contributed by atoms with van der Waals surface area (Å²) in [4.78, 5) is 26.2. The number of benzene rings is 1. The summed E-state index contributed by atoms with van der Waals surface area (Å²) in [6, 6.07) is 9.45. The van der Waals surface area contributed by atoms with Gasteiger partial charge in [0.2, 0.25) is 0 Å². The van der Waals surface area contributed by atoms with Crippen LogP contribution in [0.1, 0.15) is 23.9 Å². The number of thiocarbonyl (C=S) groups is 1. The third-order valence-electron chi connectivity index (χ3n) is 4.36. The molecule has 1 aromatic carbocycles. The Labute approximate surface area is 162 Å². The number of hydrogen-bond acceptors (Lipinski definition) is 3. The Balaban J connectivity index is 2.05. The van der Waals surface area contributed by atoms with E-state index in [2.05, 4.69) is 9.88 Å². The van der Waals surface area contributed by atoms with Crippen LogP contribution in [0.2, 0.25) is 5.02 Å². The first-order valence-electron chi connectivity index (χ1n) is 8.17. The van der Waals surface area contributed by atoms with Crippen LogP contribution in [0.4, 0.5) is 0 Å². The molecule has 0 atom stereocenters. The molecule has 0 bridgehead atoms. The third kappa shape index (κ3) is 3.18. The summed E-state index contributed by atoms with van der Waals surface area (Å²) in [6.07, 6.45) is 1.62. The second-order valence-electron chi connectivity index (χ2n) is 6.00. The Bertz CT molecular complexity index is 944. The first-order chi connectivity index (χ1) is 12.3. The van der Waals surface area contributed by atoms with E-state index in [1.807, 2.05) is 51.1 Å². The fourth-order valence-corrected chi connectivity index (χ4v) is 3.49. The van der Waals surface area contributed by atoms with Crippen molar-refractivity contribution >= 4 is 46.8 Å². The van der Waals surface area contributed by atoms with E-state index in [9.17, 15) is 9.59 Å². The van der Waals surface area contributed by atoms with Crippen molar-refractivity contribution in [1.29, 1.82) is 0 Å². The minimum Gasteiger partial charge on any atom is -0.318 e. The number of halogens is 1. The number of aromatic nitrogens is 1. The molecule has 134 valence electrons. The summed E-state index contributed by atoms with van der Waals surface area (Å²) in [7, 11) is 0. The molecular formula is C19H18ClN3O2S. The van der Waals surface area contributed by atoms with Gasteiger partial charge in [-0.3, -0.25) is 19.8 Å². The molecule has 2 heterocycles. The number of aryl methyl sites for hydroxylation is 1. The molecule has 1 aromatic heterocycles. The summed E-state index contributed by atoms with van der Waals surface area (Å²) in [6.45, 7) is 6.13. The van der Waals surface area contributed by atoms with Gasteiger partial charge in [-0.25, -0.2) is 0 Å². The maximum atomic E-state index is 12.6. The van der Waals surface area contributed by atoms with Gasteiger partial charge in [0.1, 0.15) is 5.57 Å². The predicted molar refractivity (Wildman–Crippen MR) is 106 cm³/mol. The van der Waals surface area contributed by atoms with Gasteiger partial charge in [-0.1, -0.05) is 11.6 Å². The Morgan fingerprint density at radius 1 is 1.19 bits per heavy atom. The minimum atomic E-state index is -0.471. The number of rotatable bonds is 3. The molecule has 3 rings (SSSR count). The van der Waals surface area contributed by atoms with Crippen molar-refractivity contribution in [2.24, 2.45) is 0 Å². The van der Waals surface area contributed by atoms with E-state index in [1.165, 1.54) is 4.90 Å². The fourth-order valence-electron chi connectivity index (χ4n) is 3.06. The lowest BCUT2D eigenvalue weighted by molar-refractivity contribution is -0.128.